The predicted octanol–water partition coefficient (Wildman–Crippen LogP) is 1.59. The van der Waals surface area contributed by atoms with Crippen molar-refractivity contribution in [3.63, 3.8) is 0 Å². The van der Waals surface area contributed by atoms with Crippen LogP contribution in [0.5, 0.6) is 0 Å². The summed E-state index contributed by atoms with van der Waals surface area (Å²) in [7, 11) is 1.90. The maximum absolute atomic E-state index is 9.98. The van der Waals surface area contributed by atoms with Gasteiger partial charge in [-0.1, -0.05) is 19.0 Å². The van der Waals surface area contributed by atoms with Crippen LogP contribution in [0.4, 0.5) is 11.8 Å². The monoisotopic (exact) mass is 342 g/mol. The van der Waals surface area contributed by atoms with E-state index in [2.05, 4.69) is 26.5 Å². The van der Waals surface area contributed by atoms with E-state index in [1.54, 1.807) is 0 Å². The highest BCUT2D eigenvalue weighted by Crippen LogP contribution is 2.44. The van der Waals surface area contributed by atoms with Crippen LogP contribution in [-0.2, 0) is 6.42 Å². The Balaban J connectivity index is 1.73. The van der Waals surface area contributed by atoms with Gasteiger partial charge in [0.05, 0.1) is 18.0 Å². The van der Waals surface area contributed by atoms with Crippen molar-refractivity contribution in [1.82, 2.24) is 15.1 Å². The lowest BCUT2D eigenvalue weighted by atomic mass is 9.64. The van der Waals surface area contributed by atoms with Gasteiger partial charge < -0.3 is 19.8 Å². The van der Waals surface area contributed by atoms with Crippen molar-refractivity contribution in [3.05, 3.63) is 29.8 Å². The highest BCUT2D eigenvalue weighted by Gasteiger charge is 2.50. The van der Waals surface area contributed by atoms with Gasteiger partial charge >= 0.3 is 0 Å². The summed E-state index contributed by atoms with van der Waals surface area (Å²) in [5.74, 6) is 1.04. The average Bonchev–Trinajstić information content (AvgIpc) is 3.12. The number of nitrogens with zero attached hydrogens (tertiary/aromatic N) is 5. The first-order valence-electron chi connectivity index (χ1n) is 8.24. The summed E-state index contributed by atoms with van der Waals surface area (Å²) in [5, 5.41) is 26.3. The van der Waals surface area contributed by atoms with Crippen LogP contribution in [0.1, 0.15) is 31.5 Å². The minimum Gasteiger partial charge on any atom is -0.392 e. The van der Waals surface area contributed by atoms with Gasteiger partial charge in [0.2, 0.25) is 5.95 Å². The fourth-order valence-electron chi connectivity index (χ4n) is 3.16. The van der Waals surface area contributed by atoms with Gasteiger partial charge in [-0.3, -0.25) is 0 Å². The molecular formula is C17H22N6O2. The molecule has 1 aliphatic carbocycles. The van der Waals surface area contributed by atoms with Gasteiger partial charge in [0.25, 0.3) is 0 Å². The molecule has 0 bridgehead atoms. The van der Waals surface area contributed by atoms with Gasteiger partial charge in [0.1, 0.15) is 17.9 Å². The molecule has 1 saturated carbocycles. The lowest BCUT2D eigenvalue weighted by Gasteiger charge is -2.53. The number of anilines is 2. The second-order valence-corrected chi connectivity index (χ2v) is 6.91. The molecule has 0 aromatic carbocycles. The first kappa shape index (κ1) is 17.2. The Hall–Kier alpha value is -2.66. The molecule has 2 aromatic rings. The Morgan fingerprint density at radius 3 is 2.92 bits per heavy atom. The molecule has 2 N–H and O–H groups in total. The van der Waals surface area contributed by atoms with Gasteiger partial charge in [0.15, 0.2) is 5.82 Å². The SMILES string of the molecule is CN(c1nc(NCCc2ccon2)ncc1C#N)[C@@H]1C[C@H](O)C1(C)C. The van der Waals surface area contributed by atoms with Gasteiger partial charge in [-0.15, -0.1) is 0 Å². The van der Waals surface area contributed by atoms with Crippen LogP contribution in [0, 0.1) is 16.7 Å². The smallest absolute Gasteiger partial charge is 0.224 e. The number of rotatable bonds is 6. The van der Waals surface area contributed by atoms with Crippen molar-refractivity contribution < 1.29 is 9.63 Å². The fraction of sp³-hybridized carbons (Fsp3) is 0.529. The summed E-state index contributed by atoms with van der Waals surface area (Å²) in [4.78, 5) is 10.7. The van der Waals surface area contributed by atoms with Gasteiger partial charge in [-0.25, -0.2) is 4.98 Å². The van der Waals surface area contributed by atoms with E-state index < -0.39 is 0 Å². The van der Waals surface area contributed by atoms with Crippen LogP contribution < -0.4 is 10.2 Å². The molecule has 2 heterocycles. The van der Waals surface area contributed by atoms with Crippen LogP contribution in [0.25, 0.3) is 0 Å². The van der Waals surface area contributed by atoms with E-state index in [0.29, 0.717) is 36.7 Å². The Morgan fingerprint density at radius 2 is 2.32 bits per heavy atom. The molecule has 0 spiro atoms. The van der Waals surface area contributed by atoms with Crippen molar-refractivity contribution in [3.8, 4) is 6.07 Å². The lowest BCUT2D eigenvalue weighted by Crippen LogP contribution is -2.60. The normalized spacial score (nSPS) is 21.2. The second-order valence-electron chi connectivity index (χ2n) is 6.91. The molecule has 0 saturated heterocycles. The third kappa shape index (κ3) is 3.28. The summed E-state index contributed by atoms with van der Waals surface area (Å²) < 4.78 is 4.80. The highest BCUT2D eigenvalue weighted by molar-refractivity contribution is 5.56. The largest absolute Gasteiger partial charge is 0.392 e. The Morgan fingerprint density at radius 1 is 1.52 bits per heavy atom. The van der Waals surface area contributed by atoms with Crippen molar-refractivity contribution in [2.75, 3.05) is 23.8 Å². The van der Waals surface area contributed by atoms with Gasteiger partial charge in [-0.2, -0.15) is 10.2 Å². The van der Waals surface area contributed by atoms with Crippen molar-refractivity contribution in [2.24, 2.45) is 5.41 Å². The van der Waals surface area contributed by atoms with E-state index >= 15 is 0 Å². The molecule has 1 aliphatic rings. The van der Waals surface area contributed by atoms with E-state index in [0.717, 1.165) is 5.69 Å². The fourth-order valence-corrected chi connectivity index (χ4v) is 3.16. The number of nitrogens with one attached hydrogen (secondary N) is 1. The van der Waals surface area contributed by atoms with E-state index in [1.807, 2.05) is 31.9 Å². The third-order valence-corrected chi connectivity index (χ3v) is 5.01. The van der Waals surface area contributed by atoms with E-state index in [9.17, 15) is 10.4 Å². The quantitative estimate of drug-likeness (QED) is 0.814. The summed E-state index contributed by atoms with van der Waals surface area (Å²) in [5.41, 5.74) is 1.03. The summed E-state index contributed by atoms with van der Waals surface area (Å²) in [6, 6.07) is 4.07. The van der Waals surface area contributed by atoms with E-state index in [-0.39, 0.29) is 17.6 Å². The van der Waals surface area contributed by atoms with Crippen LogP contribution in [0.3, 0.4) is 0 Å². The molecule has 3 rings (SSSR count). The zero-order valence-corrected chi connectivity index (χ0v) is 14.6. The molecule has 0 aliphatic heterocycles. The zero-order chi connectivity index (χ0) is 18.0. The van der Waals surface area contributed by atoms with Crippen LogP contribution in [0.2, 0.25) is 0 Å². The number of aromatic nitrogens is 3. The van der Waals surface area contributed by atoms with Crippen LogP contribution in [0.15, 0.2) is 23.0 Å². The number of hydrogen-bond donors (Lipinski definition) is 2. The second kappa shape index (κ2) is 6.69. The molecule has 132 valence electrons. The molecule has 0 radical (unpaired) electrons. The maximum atomic E-state index is 9.98. The van der Waals surface area contributed by atoms with E-state index in [4.69, 9.17) is 4.52 Å². The standard InChI is InChI=1S/C17H22N6O2/c1-17(2)13(8-14(17)24)23(3)15-11(9-18)10-20-16(21-15)19-6-4-12-5-7-25-22-12/h5,7,10,13-14,24H,4,6,8H2,1-3H3,(H,19,20,21)/t13-,14+/m1/s1. The summed E-state index contributed by atoms with van der Waals surface area (Å²) in [6.45, 7) is 4.65. The molecule has 0 unspecified atom stereocenters. The molecule has 8 heteroatoms. The molecule has 2 atom stereocenters. The highest BCUT2D eigenvalue weighted by atomic mass is 16.5. The number of nitriles is 1. The first-order chi connectivity index (χ1) is 11.9. The van der Waals surface area contributed by atoms with Crippen LogP contribution >= 0.6 is 0 Å². The Kier molecular flexibility index (Phi) is 4.59. The lowest BCUT2D eigenvalue weighted by molar-refractivity contribution is -0.0601. The van der Waals surface area contributed by atoms with Crippen molar-refractivity contribution in [1.29, 1.82) is 5.26 Å². The molecule has 25 heavy (non-hydrogen) atoms. The Bertz CT molecular complexity index is 768. The van der Waals surface area contributed by atoms with Gasteiger partial charge in [0, 0.05) is 37.5 Å². The number of aliphatic hydroxyl groups excluding tert-OH is 1. The topological polar surface area (TPSA) is 111 Å². The molecule has 2 aromatic heterocycles. The van der Waals surface area contributed by atoms with Gasteiger partial charge in [-0.05, 0) is 6.42 Å². The number of hydrogen-bond acceptors (Lipinski definition) is 8. The summed E-state index contributed by atoms with van der Waals surface area (Å²) in [6.07, 6.45) is 4.07. The molecule has 0 amide bonds. The average molecular weight is 342 g/mol. The maximum Gasteiger partial charge on any atom is 0.224 e. The zero-order valence-electron chi connectivity index (χ0n) is 14.6. The van der Waals surface area contributed by atoms with Crippen LogP contribution in [-0.4, -0.2) is 46.0 Å². The molecule has 1 fully saturated rings. The predicted molar refractivity (Wildman–Crippen MR) is 92.0 cm³/mol. The summed E-state index contributed by atoms with van der Waals surface area (Å²) >= 11 is 0. The van der Waals surface area contributed by atoms with Crippen molar-refractivity contribution >= 4 is 11.8 Å². The minimum absolute atomic E-state index is 0.118. The third-order valence-electron chi connectivity index (χ3n) is 5.01. The molecule has 8 nitrogen and oxygen atoms in total. The first-order valence-corrected chi connectivity index (χ1v) is 8.24. The minimum atomic E-state index is -0.340. The Labute approximate surface area is 146 Å². The van der Waals surface area contributed by atoms with E-state index in [1.165, 1.54) is 12.5 Å². The molecular weight excluding hydrogens is 320 g/mol. The van der Waals surface area contributed by atoms with Crippen molar-refractivity contribution in [2.45, 2.75) is 38.8 Å². The number of aliphatic hydroxyl groups is 1.